The zero-order chi connectivity index (χ0) is 16.7. The van der Waals surface area contributed by atoms with E-state index in [0.29, 0.717) is 5.92 Å². The van der Waals surface area contributed by atoms with Crippen molar-refractivity contribution in [1.82, 2.24) is 4.90 Å². The summed E-state index contributed by atoms with van der Waals surface area (Å²) in [7, 11) is 5.91. The number of methoxy groups -OCH3 is 1. The molecule has 0 radical (unpaired) electrons. The molecule has 3 nitrogen and oxygen atoms in total. The second-order valence-corrected chi connectivity index (χ2v) is 7.11. The van der Waals surface area contributed by atoms with E-state index in [9.17, 15) is 0 Å². The van der Waals surface area contributed by atoms with Crippen molar-refractivity contribution in [2.75, 3.05) is 34.4 Å². The number of fused-ring (bicyclic) bond motifs is 1. The Kier molecular flexibility index (Phi) is 3.86. The summed E-state index contributed by atoms with van der Waals surface area (Å²) in [4.78, 5) is 2.17. The molecule has 0 heterocycles. The van der Waals surface area contributed by atoms with Gasteiger partial charge in [-0.3, -0.25) is 0 Å². The highest BCUT2D eigenvalue weighted by molar-refractivity contribution is 5.59. The zero-order valence-electron chi connectivity index (χ0n) is 14.7. The average molecular weight is 323 g/mol. The minimum Gasteiger partial charge on any atom is -0.497 e. The standard InChI is InChI=1S/C21H25NO2/c1-22(2)12-13-24-21-11-10-16(17-6-4-5-7-19(17)21)18-9-8-15(23-3)14-20(18)21/h4-9,14,16H,10-13H2,1-3H3. The molecule has 2 atom stereocenters. The molecule has 3 heteroatoms. The van der Waals surface area contributed by atoms with E-state index in [4.69, 9.17) is 9.47 Å². The van der Waals surface area contributed by atoms with E-state index in [1.807, 2.05) is 0 Å². The zero-order valence-corrected chi connectivity index (χ0v) is 14.7. The summed E-state index contributed by atoms with van der Waals surface area (Å²) in [5, 5.41) is 0. The van der Waals surface area contributed by atoms with Gasteiger partial charge < -0.3 is 14.4 Å². The molecule has 3 aliphatic carbocycles. The van der Waals surface area contributed by atoms with Gasteiger partial charge in [-0.15, -0.1) is 0 Å². The summed E-state index contributed by atoms with van der Waals surface area (Å²) in [5.41, 5.74) is 5.17. The molecular weight excluding hydrogens is 298 g/mol. The number of nitrogens with zero attached hydrogens (tertiary/aromatic N) is 1. The predicted octanol–water partition coefficient (Wildman–Crippen LogP) is 3.76. The van der Waals surface area contributed by atoms with E-state index in [1.54, 1.807) is 7.11 Å². The van der Waals surface area contributed by atoms with Gasteiger partial charge >= 0.3 is 0 Å². The SMILES string of the molecule is COc1ccc2c(c1)C1(OCCN(C)C)CCC2c2ccccc21. The Balaban J connectivity index is 1.84. The molecule has 0 aliphatic heterocycles. The highest BCUT2D eigenvalue weighted by Crippen LogP contribution is 2.57. The third-order valence-electron chi connectivity index (χ3n) is 5.51. The van der Waals surface area contributed by atoms with Crippen LogP contribution in [0.3, 0.4) is 0 Å². The molecule has 2 aromatic rings. The maximum Gasteiger partial charge on any atom is 0.119 e. The number of likely N-dealkylation sites (N-methyl/N-ethyl adjacent to an activating group) is 1. The molecule has 126 valence electrons. The molecule has 0 amide bonds. The van der Waals surface area contributed by atoms with Crippen LogP contribution in [0.15, 0.2) is 42.5 Å². The fourth-order valence-corrected chi connectivity index (χ4v) is 4.36. The molecule has 2 unspecified atom stereocenters. The van der Waals surface area contributed by atoms with Gasteiger partial charge in [0.1, 0.15) is 11.4 Å². The van der Waals surface area contributed by atoms with Crippen LogP contribution in [0.1, 0.15) is 41.0 Å². The largest absolute Gasteiger partial charge is 0.497 e. The van der Waals surface area contributed by atoms with Crippen molar-refractivity contribution in [1.29, 1.82) is 0 Å². The van der Waals surface area contributed by atoms with Gasteiger partial charge in [0.05, 0.1) is 13.7 Å². The third kappa shape index (κ3) is 2.27. The quantitative estimate of drug-likeness (QED) is 0.836. The van der Waals surface area contributed by atoms with Crippen LogP contribution >= 0.6 is 0 Å². The first-order chi connectivity index (χ1) is 11.7. The summed E-state index contributed by atoms with van der Waals surface area (Å²) >= 11 is 0. The van der Waals surface area contributed by atoms with Gasteiger partial charge in [0.2, 0.25) is 0 Å². The number of hydrogen-bond acceptors (Lipinski definition) is 3. The van der Waals surface area contributed by atoms with E-state index in [1.165, 1.54) is 22.3 Å². The first-order valence-electron chi connectivity index (χ1n) is 8.72. The van der Waals surface area contributed by atoms with E-state index >= 15 is 0 Å². The smallest absolute Gasteiger partial charge is 0.119 e. The minimum absolute atomic E-state index is 0.328. The van der Waals surface area contributed by atoms with Crippen molar-refractivity contribution < 1.29 is 9.47 Å². The van der Waals surface area contributed by atoms with E-state index in [0.717, 1.165) is 31.7 Å². The summed E-state index contributed by atoms with van der Waals surface area (Å²) in [6.45, 7) is 1.65. The van der Waals surface area contributed by atoms with Crippen molar-refractivity contribution in [2.45, 2.75) is 24.4 Å². The molecular formula is C21H25NO2. The highest BCUT2D eigenvalue weighted by Gasteiger charge is 2.49. The molecule has 0 saturated heterocycles. The van der Waals surface area contributed by atoms with Gasteiger partial charge in [0, 0.05) is 12.5 Å². The molecule has 3 aliphatic rings. The number of rotatable bonds is 5. The lowest BCUT2D eigenvalue weighted by atomic mass is 9.61. The third-order valence-corrected chi connectivity index (χ3v) is 5.51. The molecule has 0 N–H and O–H groups in total. The number of benzene rings is 2. The molecule has 0 fully saturated rings. The van der Waals surface area contributed by atoms with Crippen LogP contribution in [-0.4, -0.2) is 39.3 Å². The lowest BCUT2D eigenvalue weighted by Crippen LogP contribution is -2.43. The molecule has 0 aromatic heterocycles. The first-order valence-corrected chi connectivity index (χ1v) is 8.72. The van der Waals surface area contributed by atoms with Crippen LogP contribution in [0.4, 0.5) is 0 Å². The maximum absolute atomic E-state index is 6.62. The van der Waals surface area contributed by atoms with E-state index in [2.05, 4.69) is 61.5 Å². The number of hydrogen-bond donors (Lipinski definition) is 0. The maximum atomic E-state index is 6.62. The molecule has 2 bridgehead atoms. The van der Waals surface area contributed by atoms with Crippen molar-refractivity contribution in [3.05, 3.63) is 64.7 Å². The van der Waals surface area contributed by atoms with Crippen LogP contribution in [-0.2, 0) is 10.3 Å². The van der Waals surface area contributed by atoms with Crippen LogP contribution in [0.2, 0.25) is 0 Å². The molecule has 0 spiro atoms. The van der Waals surface area contributed by atoms with Gasteiger partial charge in [-0.1, -0.05) is 30.3 Å². The van der Waals surface area contributed by atoms with Crippen LogP contribution in [0.25, 0.3) is 0 Å². The fraction of sp³-hybridized carbons (Fsp3) is 0.429. The topological polar surface area (TPSA) is 21.7 Å². The monoisotopic (exact) mass is 323 g/mol. The fourth-order valence-electron chi connectivity index (χ4n) is 4.36. The second-order valence-electron chi connectivity index (χ2n) is 7.11. The Morgan fingerprint density at radius 3 is 2.67 bits per heavy atom. The van der Waals surface area contributed by atoms with Gasteiger partial charge in [0.15, 0.2) is 0 Å². The van der Waals surface area contributed by atoms with Crippen molar-refractivity contribution in [2.24, 2.45) is 0 Å². The summed E-state index contributed by atoms with van der Waals surface area (Å²) < 4.78 is 12.1. The molecule has 0 saturated carbocycles. The molecule has 24 heavy (non-hydrogen) atoms. The minimum atomic E-state index is -0.328. The van der Waals surface area contributed by atoms with Crippen molar-refractivity contribution in [3.8, 4) is 5.75 Å². The summed E-state index contributed by atoms with van der Waals surface area (Å²) in [5.74, 6) is 1.40. The molecule has 5 rings (SSSR count). The van der Waals surface area contributed by atoms with Gasteiger partial charge in [-0.05, 0) is 61.3 Å². The van der Waals surface area contributed by atoms with E-state index in [-0.39, 0.29) is 5.60 Å². The second kappa shape index (κ2) is 5.91. The van der Waals surface area contributed by atoms with Crippen molar-refractivity contribution in [3.63, 3.8) is 0 Å². The van der Waals surface area contributed by atoms with Crippen LogP contribution in [0, 0.1) is 0 Å². The first kappa shape index (κ1) is 15.7. The lowest BCUT2D eigenvalue weighted by Gasteiger charge is -2.49. The lowest BCUT2D eigenvalue weighted by molar-refractivity contribution is -0.0437. The summed E-state index contributed by atoms with van der Waals surface area (Å²) in [6, 6.07) is 15.3. The number of ether oxygens (including phenoxy) is 2. The normalized spacial score (nSPS) is 23.9. The predicted molar refractivity (Wildman–Crippen MR) is 95.8 cm³/mol. The average Bonchev–Trinajstić information content (AvgIpc) is 2.61. The van der Waals surface area contributed by atoms with Crippen LogP contribution < -0.4 is 4.74 Å². The Bertz CT molecular complexity index is 755. The summed E-state index contributed by atoms with van der Waals surface area (Å²) in [6.07, 6.45) is 2.20. The van der Waals surface area contributed by atoms with Gasteiger partial charge in [-0.25, -0.2) is 0 Å². The Morgan fingerprint density at radius 1 is 1.08 bits per heavy atom. The van der Waals surface area contributed by atoms with Gasteiger partial charge in [-0.2, -0.15) is 0 Å². The van der Waals surface area contributed by atoms with E-state index < -0.39 is 0 Å². The van der Waals surface area contributed by atoms with Crippen molar-refractivity contribution >= 4 is 0 Å². The highest BCUT2D eigenvalue weighted by atomic mass is 16.5. The Hall–Kier alpha value is -1.84. The van der Waals surface area contributed by atoms with Gasteiger partial charge in [0.25, 0.3) is 0 Å². The molecule has 2 aromatic carbocycles. The Morgan fingerprint density at radius 2 is 1.88 bits per heavy atom. The van der Waals surface area contributed by atoms with Crippen LogP contribution in [0.5, 0.6) is 5.75 Å². The Labute approximate surface area is 144 Å².